The normalized spacial score (nSPS) is 16.1. The van der Waals surface area contributed by atoms with Crippen molar-refractivity contribution in [1.82, 2.24) is 10.6 Å². The van der Waals surface area contributed by atoms with Gasteiger partial charge in [0.15, 0.2) is 23.2 Å². The topological polar surface area (TPSA) is 59.6 Å². The number of carbonyl (C=O) groups is 1. The summed E-state index contributed by atoms with van der Waals surface area (Å²) < 4.78 is 51.9. The second-order valence-corrected chi connectivity index (χ2v) is 6.46. The Kier molecular flexibility index (Phi) is 6.41. The fraction of sp³-hybridized carbons (Fsp3) is 0.350. The van der Waals surface area contributed by atoms with Crippen LogP contribution in [0.5, 0.6) is 11.5 Å². The van der Waals surface area contributed by atoms with Gasteiger partial charge in [-0.25, -0.2) is 13.2 Å². The van der Waals surface area contributed by atoms with Crippen molar-refractivity contribution >= 4 is 5.91 Å². The number of halogens is 3. The van der Waals surface area contributed by atoms with E-state index in [1.165, 1.54) is 31.4 Å². The van der Waals surface area contributed by atoms with Gasteiger partial charge in [0.2, 0.25) is 5.91 Å². The first-order chi connectivity index (χ1) is 13.5. The summed E-state index contributed by atoms with van der Waals surface area (Å²) in [6.45, 7) is 0.553. The lowest BCUT2D eigenvalue weighted by Gasteiger charge is -2.15. The lowest BCUT2D eigenvalue weighted by molar-refractivity contribution is -0.122. The summed E-state index contributed by atoms with van der Waals surface area (Å²) >= 11 is 0. The Morgan fingerprint density at radius 3 is 2.71 bits per heavy atom. The molecule has 5 nitrogen and oxygen atoms in total. The van der Waals surface area contributed by atoms with Crippen molar-refractivity contribution in [1.29, 1.82) is 0 Å². The van der Waals surface area contributed by atoms with Crippen LogP contribution in [0, 0.1) is 17.5 Å². The maximum Gasteiger partial charge on any atom is 0.237 e. The number of hydrogen-bond donors (Lipinski definition) is 2. The first-order valence-electron chi connectivity index (χ1n) is 8.92. The SMILES string of the molecule is COc1cc(OCc2cccc(F)c2F)c(F)cc1CNC(=O)[C@@H]1CCCN1. The molecule has 0 bridgehead atoms. The van der Waals surface area contributed by atoms with E-state index < -0.39 is 17.5 Å². The van der Waals surface area contributed by atoms with E-state index in [4.69, 9.17) is 9.47 Å². The van der Waals surface area contributed by atoms with E-state index in [1.54, 1.807) is 0 Å². The molecule has 0 aromatic heterocycles. The Labute approximate surface area is 160 Å². The van der Waals surface area contributed by atoms with Gasteiger partial charge in [0.25, 0.3) is 0 Å². The summed E-state index contributed by atoms with van der Waals surface area (Å²) in [5.74, 6) is -2.72. The minimum atomic E-state index is -1.03. The maximum atomic E-state index is 14.4. The van der Waals surface area contributed by atoms with Crippen LogP contribution in [0.15, 0.2) is 30.3 Å². The number of ether oxygens (including phenoxy) is 2. The highest BCUT2D eigenvalue weighted by Gasteiger charge is 2.22. The van der Waals surface area contributed by atoms with Gasteiger partial charge in [-0.2, -0.15) is 0 Å². The highest BCUT2D eigenvalue weighted by Crippen LogP contribution is 2.29. The molecule has 2 N–H and O–H groups in total. The van der Waals surface area contributed by atoms with Crippen LogP contribution in [-0.2, 0) is 17.9 Å². The van der Waals surface area contributed by atoms with Gasteiger partial charge >= 0.3 is 0 Å². The zero-order chi connectivity index (χ0) is 20.1. The van der Waals surface area contributed by atoms with Gasteiger partial charge in [-0.05, 0) is 31.5 Å². The average Bonchev–Trinajstić information content (AvgIpc) is 3.23. The Morgan fingerprint density at radius 2 is 2.00 bits per heavy atom. The fourth-order valence-corrected chi connectivity index (χ4v) is 3.04. The Morgan fingerprint density at radius 1 is 1.18 bits per heavy atom. The van der Waals surface area contributed by atoms with Gasteiger partial charge in [0.05, 0.1) is 13.2 Å². The molecular weight excluding hydrogens is 373 g/mol. The third-order valence-electron chi connectivity index (χ3n) is 4.58. The quantitative estimate of drug-likeness (QED) is 0.758. The number of methoxy groups -OCH3 is 1. The number of amides is 1. The van der Waals surface area contributed by atoms with Gasteiger partial charge in [-0.15, -0.1) is 0 Å². The third kappa shape index (κ3) is 4.56. The van der Waals surface area contributed by atoms with Crippen molar-refractivity contribution in [3.8, 4) is 11.5 Å². The molecule has 0 aliphatic carbocycles. The first kappa shape index (κ1) is 20.0. The predicted molar refractivity (Wildman–Crippen MR) is 96.5 cm³/mol. The summed E-state index contributed by atoms with van der Waals surface area (Å²) in [6, 6.07) is 5.97. The van der Waals surface area contributed by atoms with Crippen molar-refractivity contribution in [3.63, 3.8) is 0 Å². The van der Waals surface area contributed by atoms with Gasteiger partial charge in [0, 0.05) is 23.7 Å². The number of hydrogen-bond acceptors (Lipinski definition) is 4. The van der Waals surface area contributed by atoms with E-state index in [0.717, 1.165) is 25.5 Å². The average molecular weight is 394 g/mol. The van der Waals surface area contributed by atoms with Gasteiger partial charge < -0.3 is 20.1 Å². The lowest BCUT2D eigenvalue weighted by Crippen LogP contribution is -2.40. The minimum absolute atomic E-state index is 0.0289. The number of rotatable bonds is 7. The maximum absolute atomic E-state index is 14.4. The molecule has 1 aliphatic rings. The smallest absolute Gasteiger partial charge is 0.237 e. The minimum Gasteiger partial charge on any atom is -0.496 e. The van der Waals surface area contributed by atoms with Crippen LogP contribution in [0.3, 0.4) is 0 Å². The molecular formula is C20H21F3N2O3. The number of carbonyl (C=O) groups excluding carboxylic acids is 1. The van der Waals surface area contributed by atoms with Crippen LogP contribution in [0.4, 0.5) is 13.2 Å². The molecule has 1 saturated heterocycles. The van der Waals surface area contributed by atoms with E-state index >= 15 is 0 Å². The molecule has 1 amide bonds. The number of nitrogens with one attached hydrogen (secondary N) is 2. The van der Waals surface area contributed by atoms with Gasteiger partial charge in [-0.1, -0.05) is 12.1 Å². The molecule has 0 saturated carbocycles. The Bertz CT molecular complexity index is 855. The number of benzene rings is 2. The summed E-state index contributed by atoms with van der Waals surface area (Å²) in [7, 11) is 1.41. The Hall–Kier alpha value is -2.74. The van der Waals surface area contributed by atoms with Crippen LogP contribution in [0.25, 0.3) is 0 Å². The van der Waals surface area contributed by atoms with Crippen molar-refractivity contribution in [2.75, 3.05) is 13.7 Å². The van der Waals surface area contributed by atoms with E-state index in [0.29, 0.717) is 11.3 Å². The van der Waals surface area contributed by atoms with Crippen molar-refractivity contribution in [2.24, 2.45) is 0 Å². The largest absolute Gasteiger partial charge is 0.496 e. The second kappa shape index (κ2) is 8.97. The zero-order valence-electron chi connectivity index (χ0n) is 15.4. The summed E-state index contributed by atoms with van der Waals surface area (Å²) in [5.41, 5.74) is 0.411. The molecule has 150 valence electrons. The molecule has 1 aliphatic heterocycles. The van der Waals surface area contributed by atoms with Crippen molar-refractivity contribution in [2.45, 2.75) is 32.0 Å². The summed E-state index contributed by atoms with van der Waals surface area (Å²) in [5, 5.41) is 5.84. The van der Waals surface area contributed by atoms with Gasteiger partial charge in [-0.3, -0.25) is 4.79 Å². The van der Waals surface area contributed by atoms with Crippen molar-refractivity contribution in [3.05, 3.63) is 58.9 Å². The van der Waals surface area contributed by atoms with Crippen LogP contribution in [0.2, 0.25) is 0 Å². The molecule has 0 spiro atoms. The lowest BCUT2D eigenvalue weighted by atomic mass is 10.1. The predicted octanol–water partition coefficient (Wildman–Crippen LogP) is 3.06. The molecule has 0 unspecified atom stereocenters. The van der Waals surface area contributed by atoms with E-state index in [-0.39, 0.29) is 36.4 Å². The summed E-state index contributed by atoms with van der Waals surface area (Å²) in [4.78, 5) is 12.1. The monoisotopic (exact) mass is 394 g/mol. The zero-order valence-corrected chi connectivity index (χ0v) is 15.4. The van der Waals surface area contributed by atoms with Crippen LogP contribution < -0.4 is 20.1 Å². The van der Waals surface area contributed by atoms with Crippen LogP contribution >= 0.6 is 0 Å². The molecule has 2 aromatic rings. The molecule has 1 heterocycles. The summed E-state index contributed by atoms with van der Waals surface area (Å²) in [6.07, 6.45) is 1.70. The Balaban J connectivity index is 1.68. The fourth-order valence-electron chi connectivity index (χ4n) is 3.04. The standard InChI is InChI=1S/C20H21F3N2O3/c1-27-17-9-18(28-11-12-4-2-5-14(21)19(12)23)15(22)8-13(17)10-25-20(26)16-6-3-7-24-16/h2,4-5,8-9,16,24H,3,6-7,10-11H2,1H3,(H,25,26)/t16-/m0/s1. The molecule has 1 atom stereocenters. The second-order valence-electron chi connectivity index (χ2n) is 6.46. The van der Waals surface area contributed by atoms with E-state index in [9.17, 15) is 18.0 Å². The molecule has 8 heteroatoms. The van der Waals surface area contributed by atoms with Crippen LogP contribution in [-0.4, -0.2) is 25.6 Å². The van der Waals surface area contributed by atoms with E-state index in [1.807, 2.05) is 0 Å². The van der Waals surface area contributed by atoms with Gasteiger partial charge in [0.1, 0.15) is 12.4 Å². The van der Waals surface area contributed by atoms with Crippen molar-refractivity contribution < 1.29 is 27.4 Å². The molecule has 3 rings (SSSR count). The molecule has 0 radical (unpaired) electrons. The first-order valence-corrected chi connectivity index (χ1v) is 8.92. The molecule has 2 aromatic carbocycles. The molecule has 28 heavy (non-hydrogen) atoms. The highest BCUT2D eigenvalue weighted by molar-refractivity contribution is 5.82. The van der Waals surface area contributed by atoms with E-state index in [2.05, 4.69) is 10.6 Å². The van der Waals surface area contributed by atoms with Crippen LogP contribution in [0.1, 0.15) is 24.0 Å². The third-order valence-corrected chi connectivity index (χ3v) is 4.58. The highest BCUT2D eigenvalue weighted by atomic mass is 19.2. The molecule has 1 fully saturated rings.